The number of benzene rings is 2. The zero-order chi connectivity index (χ0) is 32.2. The number of hydrogen-bond acceptors (Lipinski definition) is 8. The number of thioether (sulfide) groups is 1. The minimum atomic E-state index is -0.750. The van der Waals surface area contributed by atoms with Crippen molar-refractivity contribution in [2.75, 3.05) is 25.1 Å². The number of amides is 4. The number of nitrogens with zero attached hydrogens (tertiary/aromatic N) is 3. The van der Waals surface area contributed by atoms with E-state index < -0.39 is 29.5 Å². The van der Waals surface area contributed by atoms with Gasteiger partial charge in [-0.25, -0.2) is 9.59 Å². The lowest BCUT2D eigenvalue weighted by molar-refractivity contribution is -0.135. The Morgan fingerprint density at radius 3 is 2.30 bits per heavy atom. The lowest BCUT2D eigenvalue weighted by Crippen LogP contribution is -2.47. The number of amidine groups is 1. The van der Waals surface area contributed by atoms with Gasteiger partial charge in [0, 0.05) is 35.8 Å². The number of likely N-dealkylation sites (tertiary alicyclic amines) is 1. The van der Waals surface area contributed by atoms with Crippen LogP contribution in [0.3, 0.4) is 0 Å². The highest BCUT2D eigenvalue weighted by Gasteiger charge is 2.36. The molecule has 2 heterocycles. The zero-order valence-corrected chi connectivity index (χ0v) is 26.7. The monoisotopic (exact) mass is 660 g/mol. The van der Waals surface area contributed by atoms with Crippen molar-refractivity contribution in [3.05, 3.63) is 74.6 Å². The van der Waals surface area contributed by atoms with Crippen molar-refractivity contribution < 1.29 is 33.4 Å². The first-order valence-electron chi connectivity index (χ1n) is 13.5. The minimum absolute atomic E-state index is 0.00591. The quantitative estimate of drug-likeness (QED) is 0.330. The first-order chi connectivity index (χ1) is 20.8. The molecule has 14 heteroatoms. The number of halogens is 2. The van der Waals surface area contributed by atoms with E-state index in [1.54, 1.807) is 49.9 Å². The summed E-state index contributed by atoms with van der Waals surface area (Å²) in [6, 6.07) is 10.5. The molecule has 0 atom stereocenters. The van der Waals surface area contributed by atoms with Crippen LogP contribution >= 0.6 is 35.0 Å². The standard InChI is InChI=1S/C30H30Cl2N4O7S/c1-30(2,3)43-29(41)33-19-11-13-35(14-12-19)26(39)17-5-8-20(9-6-17)36-27(40)23(16-24(37)42-4)44-28(36)34-25(38)21-10-7-18(31)15-22(21)32/h5-10,15-16,19H,11-14H2,1-4H3,(H,33,41). The van der Waals surface area contributed by atoms with Crippen LogP contribution in [0.5, 0.6) is 0 Å². The smallest absolute Gasteiger partial charge is 0.407 e. The third kappa shape index (κ3) is 8.19. The van der Waals surface area contributed by atoms with Gasteiger partial charge >= 0.3 is 12.1 Å². The maximum atomic E-state index is 13.3. The molecule has 0 aromatic heterocycles. The number of carbonyl (C=O) groups excluding carboxylic acids is 5. The van der Waals surface area contributed by atoms with Gasteiger partial charge < -0.3 is 19.7 Å². The van der Waals surface area contributed by atoms with Gasteiger partial charge in [0.1, 0.15) is 5.60 Å². The lowest BCUT2D eigenvalue weighted by atomic mass is 10.0. The van der Waals surface area contributed by atoms with Crippen LogP contribution in [-0.2, 0) is 19.1 Å². The van der Waals surface area contributed by atoms with Crippen LogP contribution in [0, 0.1) is 0 Å². The number of alkyl carbamates (subject to hydrolysis) is 1. The molecule has 1 N–H and O–H groups in total. The van der Waals surface area contributed by atoms with Gasteiger partial charge in [-0.1, -0.05) is 23.2 Å². The third-order valence-corrected chi connectivity index (χ3v) is 8.01. The second-order valence-electron chi connectivity index (χ2n) is 10.9. The summed E-state index contributed by atoms with van der Waals surface area (Å²) in [7, 11) is 1.18. The van der Waals surface area contributed by atoms with Gasteiger partial charge in [0.25, 0.3) is 17.7 Å². The predicted octanol–water partition coefficient (Wildman–Crippen LogP) is 5.46. The van der Waals surface area contributed by atoms with Gasteiger partial charge in [-0.3, -0.25) is 19.3 Å². The normalized spacial score (nSPS) is 17.6. The van der Waals surface area contributed by atoms with Crippen molar-refractivity contribution in [1.82, 2.24) is 10.2 Å². The fourth-order valence-electron chi connectivity index (χ4n) is 4.39. The maximum Gasteiger partial charge on any atom is 0.407 e. The van der Waals surface area contributed by atoms with Crippen LogP contribution in [0.2, 0.25) is 10.0 Å². The van der Waals surface area contributed by atoms with Crippen molar-refractivity contribution in [2.45, 2.75) is 45.3 Å². The minimum Gasteiger partial charge on any atom is -0.466 e. The average molecular weight is 662 g/mol. The predicted molar refractivity (Wildman–Crippen MR) is 168 cm³/mol. The molecule has 0 saturated carbocycles. The number of nitrogens with one attached hydrogen (secondary N) is 1. The summed E-state index contributed by atoms with van der Waals surface area (Å²) in [5, 5.41) is 3.26. The van der Waals surface area contributed by atoms with E-state index in [0.717, 1.165) is 17.8 Å². The Hall–Kier alpha value is -3.87. The number of hydrogen-bond donors (Lipinski definition) is 1. The number of aliphatic imine (C=N–C) groups is 1. The van der Waals surface area contributed by atoms with Crippen LogP contribution in [0.4, 0.5) is 10.5 Å². The number of carbonyl (C=O) groups is 5. The van der Waals surface area contributed by atoms with Gasteiger partial charge in [-0.05, 0) is 87.8 Å². The molecule has 2 saturated heterocycles. The van der Waals surface area contributed by atoms with Gasteiger partial charge in [-0.2, -0.15) is 4.99 Å². The first-order valence-corrected chi connectivity index (χ1v) is 15.1. The Morgan fingerprint density at radius 2 is 1.70 bits per heavy atom. The van der Waals surface area contributed by atoms with E-state index in [0.29, 0.717) is 42.2 Å². The van der Waals surface area contributed by atoms with Crippen LogP contribution in [-0.4, -0.2) is 71.7 Å². The Balaban J connectivity index is 1.50. The maximum absolute atomic E-state index is 13.3. The second-order valence-corrected chi connectivity index (χ2v) is 12.7. The van der Waals surface area contributed by atoms with Gasteiger partial charge in [-0.15, -0.1) is 0 Å². The van der Waals surface area contributed by atoms with E-state index in [1.807, 2.05) is 0 Å². The molecule has 4 rings (SSSR count). The highest BCUT2D eigenvalue weighted by atomic mass is 35.5. The summed E-state index contributed by atoms with van der Waals surface area (Å²) in [5.74, 6) is -2.28. The van der Waals surface area contributed by atoms with Gasteiger partial charge in [0.05, 0.1) is 28.3 Å². The number of piperidine rings is 1. The third-order valence-electron chi connectivity index (χ3n) is 6.49. The molecular weight excluding hydrogens is 631 g/mol. The zero-order valence-electron chi connectivity index (χ0n) is 24.4. The Kier molecular flexibility index (Phi) is 10.4. The Bertz CT molecular complexity index is 1550. The molecule has 0 bridgehead atoms. The van der Waals surface area contributed by atoms with Crippen LogP contribution in [0.15, 0.2) is 58.4 Å². The molecular formula is C30H30Cl2N4O7S. The van der Waals surface area contributed by atoms with Crippen LogP contribution < -0.4 is 10.2 Å². The van der Waals surface area contributed by atoms with Crippen LogP contribution in [0.1, 0.15) is 54.3 Å². The molecule has 2 aromatic rings. The van der Waals surface area contributed by atoms with Crippen molar-refractivity contribution in [1.29, 1.82) is 0 Å². The highest BCUT2D eigenvalue weighted by Crippen LogP contribution is 2.36. The summed E-state index contributed by atoms with van der Waals surface area (Å²) < 4.78 is 9.97. The Morgan fingerprint density at radius 1 is 1.05 bits per heavy atom. The molecule has 0 unspecified atom stereocenters. The van der Waals surface area contributed by atoms with E-state index >= 15 is 0 Å². The number of anilines is 1. The summed E-state index contributed by atoms with van der Waals surface area (Å²) in [6.07, 6.45) is 1.67. The second kappa shape index (κ2) is 13.8. The fraction of sp³-hybridized carbons (Fsp3) is 0.333. The number of methoxy groups -OCH3 is 1. The van der Waals surface area contributed by atoms with Gasteiger partial charge in [0.15, 0.2) is 5.17 Å². The van der Waals surface area contributed by atoms with E-state index in [9.17, 15) is 24.0 Å². The average Bonchev–Trinajstić information content (AvgIpc) is 3.25. The summed E-state index contributed by atoms with van der Waals surface area (Å²) in [5.41, 5.74) is 0.186. The lowest BCUT2D eigenvalue weighted by Gasteiger charge is -2.33. The van der Waals surface area contributed by atoms with E-state index in [2.05, 4.69) is 15.0 Å². The van der Waals surface area contributed by atoms with Crippen molar-refractivity contribution in [3.63, 3.8) is 0 Å². The van der Waals surface area contributed by atoms with E-state index in [4.69, 9.17) is 27.9 Å². The Labute approximate surface area is 268 Å². The topological polar surface area (TPSA) is 135 Å². The fourth-order valence-corrected chi connectivity index (χ4v) is 5.82. The largest absolute Gasteiger partial charge is 0.466 e. The molecule has 2 fully saturated rings. The number of esters is 1. The molecule has 0 radical (unpaired) electrons. The van der Waals surface area contributed by atoms with Crippen molar-refractivity contribution in [3.8, 4) is 0 Å². The molecule has 4 amide bonds. The molecule has 0 aliphatic carbocycles. The highest BCUT2D eigenvalue weighted by molar-refractivity contribution is 8.19. The van der Waals surface area contributed by atoms with E-state index in [1.165, 1.54) is 30.2 Å². The van der Waals surface area contributed by atoms with Gasteiger partial charge in [0.2, 0.25) is 0 Å². The summed E-state index contributed by atoms with van der Waals surface area (Å²) in [4.78, 5) is 70.5. The van der Waals surface area contributed by atoms with Crippen molar-refractivity contribution in [2.24, 2.45) is 4.99 Å². The molecule has 232 valence electrons. The number of ether oxygens (including phenoxy) is 2. The van der Waals surface area contributed by atoms with Crippen molar-refractivity contribution >= 4 is 75.6 Å². The molecule has 11 nitrogen and oxygen atoms in total. The number of rotatable bonds is 5. The molecule has 2 aromatic carbocycles. The molecule has 0 spiro atoms. The summed E-state index contributed by atoms with van der Waals surface area (Å²) >= 11 is 12.9. The molecule has 44 heavy (non-hydrogen) atoms. The SMILES string of the molecule is COC(=O)C=C1SC(=NC(=O)c2ccc(Cl)cc2Cl)N(c2ccc(C(=O)N3CCC(NC(=O)OC(C)(C)C)CC3)cc2)C1=O. The molecule has 2 aliphatic rings. The molecule has 2 aliphatic heterocycles. The van der Waals surface area contributed by atoms with E-state index in [-0.39, 0.29) is 32.6 Å². The first kappa shape index (κ1) is 33.0. The summed E-state index contributed by atoms with van der Waals surface area (Å²) in [6.45, 7) is 6.26. The van der Waals surface area contributed by atoms with Crippen LogP contribution in [0.25, 0.3) is 0 Å².